The van der Waals surface area contributed by atoms with Gasteiger partial charge in [-0.25, -0.2) is 0 Å². The lowest BCUT2D eigenvalue weighted by Gasteiger charge is -2.17. The van der Waals surface area contributed by atoms with E-state index in [0.29, 0.717) is 12.6 Å². The lowest BCUT2D eigenvalue weighted by molar-refractivity contribution is 0.101. The van der Waals surface area contributed by atoms with Crippen LogP contribution in [0.5, 0.6) is 0 Å². The molecule has 2 aliphatic rings. The Labute approximate surface area is 98.5 Å². The van der Waals surface area contributed by atoms with Gasteiger partial charge in [-0.2, -0.15) is 0 Å². The number of ether oxygens (including phenoxy) is 1. The molecule has 4 nitrogen and oxygen atoms in total. The van der Waals surface area contributed by atoms with Crippen molar-refractivity contribution in [1.82, 2.24) is 10.2 Å². The first-order chi connectivity index (χ1) is 7.83. The van der Waals surface area contributed by atoms with E-state index in [1.165, 1.54) is 32.4 Å². The van der Waals surface area contributed by atoms with E-state index < -0.39 is 0 Å². The van der Waals surface area contributed by atoms with Crippen LogP contribution in [0.3, 0.4) is 0 Å². The quantitative estimate of drug-likeness (QED) is 0.651. The normalized spacial score (nSPS) is 28.5. The topological polar surface area (TPSA) is 50.5 Å². The van der Waals surface area contributed by atoms with Gasteiger partial charge in [0.25, 0.3) is 0 Å². The van der Waals surface area contributed by atoms with E-state index in [1.54, 1.807) is 7.11 Å². The maximum absolute atomic E-state index is 5.59. The van der Waals surface area contributed by atoms with Gasteiger partial charge in [0.1, 0.15) is 0 Å². The monoisotopic (exact) mass is 227 g/mol. The molecule has 1 aliphatic heterocycles. The minimum absolute atomic E-state index is 0.216. The second-order valence-corrected chi connectivity index (χ2v) is 5.05. The zero-order chi connectivity index (χ0) is 11.4. The molecule has 0 spiro atoms. The van der Waals surface area contributed by atoms with Crippen LogP contribution in [0.25, 0.3) is 0 Å². The average molecular weight is 227 g/mol. The number of methoxy groups -OCH3 is 1. The molecule has 0 amide bonds. The van der Waals surface area contributed by atoms with Gasteiger partial charge in [0.15, 0.2) is 0 Å². The smallest absolute Gasteiger partial charge is 0.0705 e. The van der Waals surface area contributed by atoms with Crippen LogP contribution < -0.4 is 11.1 Å². The molecule has 1 saturated heterocycles. The SMILES string of the molecule is COC(CN)CCNC1CCN(C2CC2)C1. The van der Waals surface area contributed by atoms with Crippen molar-refractivity contribution >= 4 is 0 Å². The Hall–Kier alpha value is -0.160. The molecular weight excluding hydrogens is 202 g/mol. The Bertz CT molecular complexity index is 204. The lowest BCUT2D eigenvalue weighted by Crippen LogP contribution is -2.36. The van der Waals surface area contributed by atoms with Crippen molar-refractivity contribution in [1.29, 1.82) is 0 Å². The number of likely N-dealkylation sites (tertiary alicyclic amines) is 1. The molecule has 2 unspecified atom stereocenters. The third-order valence-corrected chi connectivity index (χ3v) is 3.78. The maximum atomic E-state index is 5.59. The highest BCUT2D eigenvalue weighted by molar-refractivity contribution is 4.91. The number of hydrogen-bond donors (Lipinski definition) is 2. The first kappa shape index (κ1) is 12.3. The van der Waals surface area contributed by atoms with Crippen molar-refractivity contribution in [3.8, 4) is 0 Å². The van der Waals surface area contributed by atoms with Gasteiger partial charge in [-0.3, -0.25) is 4.90 Å². The predicted molar refractivity (Wildman–Crippen MR) is 65.5 cm³/mol. The van der Waals surface area contributed by atoms with Gasteiger partial charge >= 0.3 is 0 Å². The molecule has 1 saturated carbocycles. The Balaban J connectivity index is 1.56. The third kappa shape index (κ3) is 3.42. The zero-order valence-corrected chi connectivity index (χ0v) is 10.3. The lowest BCUT2D eigenvalue weighted by atomic mass is 10.2. The molecule has 2 atom stereocenters. The summed E-state index contributed by atoms with van der Waals surface area (Å²) in [5.74, 6) is 0. The number of nitrogens with one attached hydrogen (secondary N) is 1. The molecule has 16 heavy (non-hydrogen) atoms. The Morgan fingerprint density at radius 2 is 2.25 bits per heavy atom. The fourth-order valence-electron chi connectivity index (χ4n) is 2.51. The molecule has 94 valence electrons. The van der Waals surface area contributed by atoms with Gasteiger partial charge in [0.2, 0.25) is 0 Å². The second-order valence-electron chi connectivity index (χ2n) is 5.05. The predicted octanol–water partition coefficient (Wildman–Crippen LogP) is 0.177. The van der Waals surface area contributed by atoms with Crippen LogP contribution in [0.4, 0.5) is 0 Å². The number of nitrogens with two attached hydrogens (primary N) is 1. The summed E-state index contributed by atoms with van der Waals surface area (Å²) in [7, 11) is 1.74. The Morgan fingerprint density at radius 1 is 1.44 bits per heavy atom. The van der Waals surface area contributed by atoms with E-state index in [9.17, 15) is 0 Å². The van der Waals surface area contributed by atoms with E-state index in [0.717, 1.165) is 19.0 Å². The summed E-state index contributed by atoms with van der Waals surface area (Å²) >= 11 is 0. The van der Waals surface area contributed by atoms with Gasteiger partial charge in [-0.05, 0) is 32.2 Å². The van der Waals surface area contributed by atoms with Crippen LogP contribution >= 0.6 is 0 Å². The standard InChI is InChI=1S/C12H25N3O/c1-16-12(8-13)4-6-14-10-5-7-15(9-10)11-2-3-11/h10-12,14H,2-9,13H2,1H3. The van der Waals surface area contributed by atoms with Crippen LogP contribution in [-0.2, 0) is 4.74 Å². The van der Waals surface area contributed by atoms with Crippen LogP contribution in [-0.4, -0.2) is 56.4 Å². The summed E-state index contributed by atoms with van der Waals surface area (Å²) in [6, 6.07) is 1.61. The van der Waals surface area contributed by atoms with Crippen molar-refractivity contribution in [2.24, 2.45) is 5.73 Å². The van der Waals surface area contributed by atoms with Crippen LogP contribution in [0.15, 0.2) is 0 Å². The molecule has 0 bridgehead atoms. The van der Waals surface area contributed by atoms with Gasteiger partial charge in [-0.15, -0.1) is 0 Å². The summed E-state index contributed by atoms with van der Waals surface area (Å²) in [4.78, 5) is 2.63. The molecule has 0 aromatic heterocycles. The Kier molecular flexibility index (Phi) is 4.58. The van der Waals surface area contributed by atoms with E-state index in [2.05, 4.69) is 10.2 Å². The highest BCUT2D eigenvalue weighted by Crippen LogP contribution is 2.29. The summed E-state index contributed by atoms with van der Waals surface area (Å²) in [6.07, 6.45) is 5.38. The van der Waals surface area contributed by atoms with Gasteiger partial charge in [0.05, 0.1) is 6.10 Å². The van der Waals surface area contributed by atoms with Crippen molar-refractivity contribution in [2.45, 2.75) is 43.9 Å². The maximum Gasteiger partial charge on any atom is 0.0705 e. The molecule has 0 aromatic carbocycles. The van der Waals surface area contributed by atoms with E-state index in [4.69, 9.17) is 10.5 Å². The molecule has 1 heterocycles. The fourth-order valence-corrected chi connectivity index (χ4v) is 2.51. The summed E-state index contributed by atoms with van der Waals surface area (Å²) in [5, 5.41) is 3.62. The summed E-state index contributed by atoms with van der Waals surface area (Å²) in [6.45, 7) is 4.17. The molecule has 2 fully saturated rings. The van der Waals surface area contributed by atoms with Crippen LogP contribution in [0.2, 0.25) is 0 Å². The number of nitrogens with zero attached hydrogens (tertiary/aromatic N) is 1. The zero-order valence-electron chi connectivity index (χ0n) is 10.3. The number of hydrogen-bond acceptors (Lipinski definition) is 4. The van der Waals surface area contributed by atoms with E-state index >= 15 is 0 Å². The Morgan fingerprint density at radius 3 is 2.88 bits per heavy atom. The minimum Gasteiger partial charge on any atom is -0.380 e. The minimum atomic E-state index is 0.216. The molecule has 1 aliphatic carbocycles. The highest BCUT2D eigenvalue weighted by Gasteiger charge is 2.33. The van der Waals surface area contributed by atoms with Crippen molar-refractivity contribution in [3.63, 3.8) is 0 Å². The largest absolute Gasteiger partial charge is 0.380 e. The number of rotatable bonds is 7. The van der Waals surface area contributed by atoms with Gasteiger partial charge < -0.3 is 15.8 Å². The third-order valence-electron chi connectivity index (χ3n) is 3.78. The van der Waals surface area contributed by atoms with Crippen LogP contribution in [0, 0.1) is 0 Å². The fraction of sp³-hybridized carbons (Fsp3) is 1.00. The van der Waals surface area contributed by atoms with Gasteiger partial charge in [-0.1, -0.05) is 0 Å². The van der Waals surface area contributed by atoms with Gasteiger partial charge in [0, 0.05) is 38.8 Å². The molecule has 4 heteroatoms. The average Bonchev–Trinajstić information content (AvgIpc) is 3.05. The highest BCUT2D eigenvalue weighted by atomic mass is 16.5. The first-order valence-electron chi connectivity index (χ1n) is 6.53. The second kappa shape index (κ2) is 5.96. The molecule has 3 N–H and O–H groups in total. The molecule has 0 aromatic rings. The van der Waals surface area contributed by atoms with E-state index in [-0.39, 0.29) is 6.10 Å². The molecule has 0 radical (unpaired) electrons. The van der Waals surface area contributed by atoms with Crippen molar-refractivity contribution in [2.75, 3.05) is 33.3 Å². The molecular formula is C12H25N3O. The van der Waals surface area contributed by atoms with Crippen LogP contribution in [0.1, 0.15) is 25.7 Å². The summed E-state index contributed by atoms with van der Waals surface area (Å²) in [5.41, 5.74) is 5.59. The summed E-state index contributed by atoms with van der Waals surface area (Å²) < 4.78 is 5.26. The van der Waals surface area contributed by atoms with E-state index in [1.807, 2.05) is 0 Å². The van der Waals surface area contributed by atoms with Crippen molar-refractivity contribution < 1.29 is 4.74 Å². The first-order valence-corrected chi connectivity index (χ1v) is 6.53. The molecule has 2 rings (SSSR count). The van der Waals surface area contributed by atoms with Crippen molar-refractivity contribution in [3.05, 3.63) is 0 Å².